The molecule has 23 heavy (non-hydrogen) atoms. The molecule has 0 aromatic rings. The topological polar surface area (TPSA) is 53.1 Å². The summed E-state index contributed by atoms with van der Waals surface area (Å²) in [6, 6.07) is 0.577. The number of rotatable bonds is 5. The molecular weight excluding hydrogens is 294 g/mol. The van der Waals surface area contributed by atoms with Gasteiger partial charge in [0.2, 0.25) is 11.8 Å². The number of piperazine rings is 1. The van der Waals surface area contributed by atoms with Gasteiger partial charge in [0.1, 0.15) is 0 Å². The summed E-state index contributed by atoms with van der Waals surface area (Å²) in [4.78, 5) is 30.5. The first-order chi connectivity index (χ1) is 11.2. The monoisotopic (exact) mass is 323 g/mol. The quantitative estimate of drug-likeness (QED) is 0.742. The molecule has 0 bridgehead atoms. The molecule has 2 amide bonds. The van der Waals surface area contributed by atoms with E-state index in [4.69, 9.17) is 4.74 Å². The second-order valence-corrected chi connectivity index (χ2v) is 6.99. The van der Waals surface area contributed by atoms with Crippen LogP contribution in [0.4, 0.5) is 0 Å². The summed E-state index contributed by atoms with van der Waals surface area (Å²) in [5.41, 5.74) is 0. The van der Waals surface area contributed by atoms with Crippen molar-refractivity contribution in [2.75, 3.05) is 52.5 Å². The maximum absolute atomic E-state index is 12.4. The first-order valence-corrected chi connectivity index (χ1v) is 9.04. The van der Waals surface area contributed by atoms with Crippen LogP contribution in [0.2, 0.25) is 0 Å². The molecule has 3 fully saturated rings. The molecule has 0 N–H and O–H groups in total. The van der Waals surface area contributed by atoms with Gasteiger partial charge in [-0.3, -0.25) is 14.5 Å². The molecule has 3 rings (SSSR count). The molecule has 1 unspecified atom stereocenters. The Kier molecular flexibility index (Phi) is 5.54. The van der Waals surface area contributed by atoms with E-state index in [2.05, 4.69) is 4.90 Å². The third-order valence-corrected chi connectivity index (χ3v) is 5.51. The van der Waals surface area contributed by atoms with Gasteiger partial charge in [-0.2, -0.15) is 0 Å². The summed E-state index contributed by atoms with van der Waals surface area (Å²) < 4.78 is 5.24. The van der Waals surface area contributed by atoms with Gasteiger partial charge in [-0.1, -0.05) is 6.92 Å². The first kappa shape index (κ1) is 16.7. The molecule has 3 aliphatic rings. The van der Waals surface area contributed by atoms with Crippen LogP contribution in [-0.4, -0.2) is 85.0 Å². The highest BCUT2D eigenvalue weighted by Crippen LogP contribution is 2.22. The van der Waals surface area contributed by atoms with Gasteiger partial charge in [-0.25, -0.2) is 0 Å². The number of hydrogen-bond acceptors (Lipinski definition) is 4. The molecule has 3 aliphatic heterocycles. The van der Waals surface area contributed by atoms with Crippen LogP contribution in [0.3, 0.4) is 0 Å². The second-order valence-electron chi connectivity index (χ2n) is 6.99. The van der Waals surface area contributed by atoms with Crippen LogP contribution in [-0.2, 0) is 14.3 Å². The Bertz CT molecular complexity index is 431. The lowest BCUT2D eigenvalue weighted by molar-refractivity contribution is -0.135. The molecule has 0 spiro atoms. The standard InChI is InChI=1S/C17H29N3O3/c1-2-16(21)20-6-5-14(11-20)3-4-17(22)19-9-7-18(8-10-19)15-12-23-13-15/h14-15H,2-13H2,1H3. The minimum Gasteiger partial charge on any atom is -0.378 e. The molecule has 6 heteroatoms. The lowest BCUT2D eigenvalue weighted by Gasteiger charge is -2.42. The zero-order valence-corrected chi connectivity index (χ0v) is 14.2. The van der Waals surface area contributed by atoms with E-state index in [1.54, 1.807) is 0 Å². The average molecular weight is 323 g/mol. The summed E-state index contributed by atoms with van der Waals surface area (Å²) in [6.07, 6.45) is 3.19. The maximum Gasteiger partial charge on any atom is 0.222 e. The molecule has 6 nitrogen and oxygen atoms in total. The van der Waals surface area contributed by atoms with Crippen molar-refractivity contribution in [3.8, 4) is 0 Å². The van der Waals surface area contributed by atoms with Crippen LogP contribution >= 0.6 is 0 Å². The average Bonchev–Trinajstić information content (AvgIpc) is 3.00. The van der Waals surface area contributed by atoms with E-state index in [1.807, 2.05) is 16.7 Å². The Morgan fingerprint density at radius 3 is 2.35 bits per heavy atom. The van der Waals surface area contributed by atoms with Crippen molar-refractivity contribution in [1.29, 1.82) is 0 Å². The number of ether oxygens (including phenoxy) is 1. The molecule has 1 atom stereocenters. The third-order valence-electron chi connectivity index (χ3n) is 5.51. The molecule has 0 saturated carbocycles. The van der Waals surface area contributed by atoms with Crippen LogP contribution in [0.1, 0.15) is 32.6 Å². The van der Waals surface area contributed by atoms with Gasteiger partial charge in [0, 0.05) is 52.1 Å². The van der Waals surface area contributed by atoms with Gasteiger partial charge in [-0.05, 0) is 18.8 Å². The lowest BCUT2D eigenvalue weighted by atomic mass is 10.0. The van der Waals surface area contributed by atoms with Gasteiger partial charge < -0.3 is 14.5 Å². The number of carbonyl (C=O) groups excluding carboxylic acids is 2. The molecule has 0 aliphatic carbocycles. The molecule has 0 aromatic heterocycles. The number of nitrogens with zero attached hydrogens (tertiary/aromatic N) is 3. The van der Waals surface area contributed by atoms with Crippen LogP contribution in [0, 0.1) is 5.92 Å². The fraction of sp³-hybridized carbons (Fsp3) is 0.882. The second kappa shape index (κ2) is 7.62. The molecule has 0 radical (unpaired) electrons. The zero-order chi connectivity index (χ0) is 16.2. The van der Waals surface area contributed by atoms with Crippen LogP contribution < -0.4 is 0 Å². The number of hydrogen-bond donors (Lipinski definition) is 0. The van der Waals surface area contributed by atoms with Gasteiger partial charge in [0.15, 0.2) is 0 Å². The van der Waals surface area contributed by atoms with Gasteiger partial charge in [0.25, 0.3) is 0 Å². The van der Waals surface area contributed by atoms with Crippen molar-refractivity contribution >= 4 is 11.8 Å². The van der Waals surface area contributed by atoms with Gasteiger partial charge in [0.05, 0.1) is 19.3 Å². The summed E-state index contributed by atoms with van der Waals surface area (Å²) in [7, 11) is 0. The van der Waals surface area contributed by atoms with Gasteiger partial charge in [-0.15, -0.1) is 0 Å². The maximum atomic E-state index is 12.4. The SMILES string of the molecule is CCC(=O)N1CCC(CCC(=O)N2CCN(C3COC3)CC2)C1. The van der Waals surface area contributed by atoms with Crippen LogP contribution in [0.25, 0.3) is 0 Å². The van der Waals surface area contributed by atoms with E-state index in [0.717, 1.165) is 65.3 Å². The minimum absolute atomic E-state index is 0.245. The lowest BCUT2D eigenvalue weighted by Crippen LogP contribution is -2.57. The molecule has 130 valence electrons. The number of carbonyl (C=O) groups is 2. The van der Waals surface area contributed by atoms with Crippen molar-refractivity contribution in [3.63, 3.8) is 0 Å². The molecule has 0 aromatic carbocycles. The van der Waals surface area contributed by atoms with Crippen molar-refractivity contribution in [2.45, 2.75) is 38.6 Å². The Morgan fingerprint density at radius 2 is 1.74 bits per heavy atom. The predicted molar refractivity (Wildman–Crippen MR) is 87.0 cm³/mol. The number of likely N-dealkylation sites (tertiary alicyclic amines) is 1. The van der Waals surface area contributed by atoms with Crippen molar-refractivity contribution in [2.24, 2.45) is 5.92 Å². The zero-order valence-electron chi connectivity index (χ0n) is 14.2. The summed E-state index contributed by atoms with van der Waals surface area (Å²) >= 11 is 0. The van der Waals surface area contributed by atoms with Crippen molar-refractivity contribution in [3.05, 3.63) is 0 Å². The minimum atomic E-state index is 0.245. The van der Waals surface area contributed by atoms with E-state index in [0.29, 0.717) is 24.8 Å². The predicted octanol–water partition coefficient (Wildman–Crippen LogP) is 0.568. The highest BCUT2D eigenvalue weighted by molar-refractivity contribution is 5.77. The van der Waals surface area contributed by atoms with Crippen molar-refractivity contribution < 1.29 is 14.3 Å². The van der Waals surface area contributed by atoms with E-state index < -0.39 is 0 Å². The van der Waals surface area contributed by atoms with E-state index in [-0.39, 0.29) is 11.8 Å². The normalized spacial score (nSPS) is 26.4. The largest absolute Gasteiger partial charge is 0.378 e. The highest BCUT2D eigenvalue weighted by Gasteiger charge is 2.31. The fourth-order valence-corrected chi connectivity index (χ4v) is 3.77. The Hall–Kier alpha value is -1.14. The highest BCUT2D eigenvalue weighted by atomic mass is 16.5. The Labute approximate surface area is 138 Å². The third kappa shape index (κ3) is 4.04. The van der Waals surface area contributed by atoms with E-state index in [9.17, 15) is 9.59 Å². The van der Waals surface area contributed by atoms with Gasteiger partial charge >= 0.3 is 0 Å². The van der Waals surface area contributed by atoms with Crippen molar-refractivity contribution in [1.82, 2.24) is 14.7 Å². The number of amides is 2. The van der Waals surface area contributed by atoms with E-state index >= 15 is 0 Å². The first-order valence-electron chi connectivity index (χ1n) is 9.04. The smallest absolute Gasteiger partial charge is 0.222 e. The summed E-state index contributed by atoms with van der Waals surface area (Å²) in [5.74, 6) is 1.03. The Morgan fingerprint density at radius 1 is 1.00 bits per heavy atom. The van der Waals surface area contributed by atoms with E-state index in [1.165, 1.54) is 0 Å². The molecular formula is C17H29N3O3. The summed E-state index contributed by atoms with van der Waals surface area (Å²) in [5, 5.41) is 0. The molecule has 3 heterocycles. The summed E-state index contributed by atoms with van der Waals surface area (Å²) in [6.45, 7) is 8.97. The Balaban J connectivity index is 1.35. The van der Waals surface area contributed by atoms with Crippen LogP contribution in [0.15, 0.2) is 0 Å². The fourth-order valence-electron chi connectivity index (χ4n) is 3.77. The molecule has 3 saturated heterocycles. The van der Waals surface area contributed by atoms with Crippen LogP contribution in [0.5, 0.6) is 0 Å².